The average molecular weight is 164 g/mol. The number of nitrogens with zero attached hydrogens (tertiary/aromatic N) is 1. The van der Waals surface area contributed by atoms with Gasteiger partial charge in [0.25, 0.3) is 0 Å². The van der Waals surface area contributed by atoms with Crippen LogP contribution in [0.5, 0.6) is 0 Å². The zero-order valence-electron chi connectivity index (χ0n) is 5.72. The van der Waals surface area contributed by atoms with Crippen molar-refractivity contribution >= 4 is 11.6 Å². The first kappa shape index (κ1) is 7.34. The second kappa shape index (κ2) is 2.46. The Hall–Kier alpha value is -0.770. The molecule has 0 aliphatic carbocycles. The third kappa shape index (κ3) is 1.07. The van der Waals surface area contributed by atoms with Gasteiger partial charge in [-0.3, -0.25) is 4.52 Å². The molecule has 0 radical (unpaired) electrons. The molecule has 0 aliphatic rings. The van der Waals surface area contributed by atoms with Crippen molar-refractivity contribution in [3.8, 4) is 0 Å². The minimum Gasteiger partial charge on any atom is -0.282 e. The number of nitrogens with one attached hydrogen (secondary N) is 1. The molecule has 1 rings (SSSR count). The predicted molar refractivity (Wildman–Crippen MR) is 34.9 cm³/mol. The van der Waals surface area contributed by atoms with Gasteiger partial charge in [0, 0.05) is 0 Å². The Labute approximate surface area is 62.4 Å². The lowest BCUT2D eigenvalue weighted by Gasteiger charge is -1.89. The molecule has 1 aromatic rings. The maximum Gasteiger partial charge on any atom is 0.447 e. The molecule has 0 unspecified atom stereocenters. The van der Waals surface area contributed by atoms with Crippen LogP contribution in [-0.2, 0) is 0 Å². The lowest BCUT2D eigenvalue weighted by Crippen LogP contribution is -2.39. The van der Waals surface area contributed by atoms with Crippen molar-refractivity contribution in [1.82, 2.24) is 5.27 Å². The second-order valence-electron chi connectivity index (χ2n) is 2.24. The fourth-order valence-corrected chi connectivity index (χ4v) is 0.872. The first-order chi connectivity index (χ1) is 4.63. The van der Waals surface area contributed by atoms with Crippen molar-refractivity contribution < 1.29 is 9.20 Å². The molecule has 0 atom stereocenters. The van der Waals surface area contributed by atoms with Gasteiger partial charge in [-0.2, -0.15) is 0 Å². The molecule has 10 heavy (non-hydrogen) atoms. The van der Waals surface area contributed by atoms with Gasteiger partial charge >= 0.3 is 10.8 Å². The van der Waals surface area contributed by atoms with Gasteiger partial charge in [-0.05, 0) is 30.7 Å². The zero-order valence-corrected chi connectivity index (χ0v) is 6.47. The fraction of sp³-hybridized carbons (Fsp3) is 0.600. The summed E-state index contributed by atoms with van der Waals surface area (Å²) in [5, 5.41) is 2.45. The van der Waals surface area contributed by atoms with E-state index in [-0.39, 0.29) is 11.2 Å². The van der Waals surface area contributed by atoms with Crippen LogP contribution in [0.3, 0.4) is 0 Å². The lowest BCUT2D eigenvalue weighted by atomic mass is 10.4. The van der Waals surface area contributed by atoms with Gasteiger partial charge in [0.05, 0.1) is 0 Å². The van der Waals surface area contributed by atoms with Crippen molar-refractivity contribution in [2.24, 2.45) is 0 Å². The van der Waals surface area contributed by atoms with E-state index in [0.29, 0.717) is 0 Å². The molecule has 4 nitrogen and oxygen atoms in total. The van der Waals surface area contributed by atoms with Crippen LogP contribution in [0.4, 0.5) is 0 Å². The Morgan fingerprint density at radius 3 is 2.50 bits per heavy atom. The first-order valence-electron chi connectivity index (χ1n) is 2.91. The Morgan fingerprint density at radius 1 is 1.70 bits per heavy atom. The number of hydrogen-bond acceptors (Lipinski definition) is 2. The Kier molecular flexibility index (Phi) is 1.80. The summed E-state index contributed by atoms with van der Waals surface area (Å²) in [4.78, 5) is 10.6. The van der Waals surface area contributed by atoms with E-state index in [9.17, 15) is 4.79 Å². The highest BCUT2D eigenvalue weighted by molar-refractivity contribution is 6.28. The zero-order chi connectivity index (χ0) is 7.72. The molecule has 0 aliphatic heterocycles. The van der Waals surface area contributed by atoms with Crippen LogP contribution in [-0.4, -0.2) is 5.27 Å². The second-order valence-corrected chi connectivity index (χ2v) is 2.59. The number of rotatable bonds is 1. The molecule has 56 valence electrons. The highest BCUT2D eigenvalue weighted by atomic mass is 35.5. The van der Waals surface area contributed by atoms with Gasteiger partial charge in [-0.15, -0.1) is 0 Å². The molecule has 5 heteroatoms. The standard InChI is InChI=1S/C5H7ClN2O2/c1-3(2)8-4(6)5(9)10-7-8/h3H,1-2H3/p+1. The molecular weight excluding hydrogens is 156 g/mol. The van der Waals surface area contributed by atoms with Crippen molar-refractivity contribution in [1.29, 1.82) is 0 Å². The van der Waals surface area contributed by atoms with Crippen LogP contribution in [0.25, 0.3) is 0 Å². The number of halogens is 1. The van der Waals surface area contributed by atoms with Crippen molar-refractivity contribution in [2.75, 3.05) is 0 Å². The lowest BCUT2D eigenvalue weighted by molar-refractivity contribution is -0.777. The van der Waals surface area contributed by atoms with Crippen LogP contribution < -0.4 is 10.3 Å². The Bertz CT molecular complexity index is 275. The predicted octanol–water partition coefficient (Wildman–Crippen LogP) is 0.490. The minimum absolute atomic E-state index is 0.0787. The van der Waals surface area contributed by atoms with Gasteiger partial charge in [0.1, 0.15) is 0 Å². The van der Waals surface area contributed by atoms with Crippen molar-refractivity contribution in [2.45, 2.75) is 19.9 Å². The third-order valence-corrected chi connectivity index (χ3v) is 1.47. The van der Waals surface area contributed by atoms with Crippen LogP contribution in [0.15, 0.2) is 9.32 Å². The molecule has 0 aromatic carbocycles. The van der Waals surface area contributed by atoms with E-state index >= 15 is 0 Å². The maximum absolute atomic E-state index is 10.6. The van der Waals surface area contributed by atoms with Gasteiger partial charge in [0.2, 0.25) is 0 Å². The van der Waals surface area contributed by atoms with Gasteiger partial charge in [-0.1, -0.05) is 4.68 Å². The highest BCUT2D eigenvalue weighted by Gasteiger charge is 2.20. The summed E-state index contributed by atoms with van der Waals surface area (Å²) in [5.41, 5.74) is -0.532. The molecule has 0 saturated carbocycles. The minimum atomic E-state index is -0.532. The Balaban J connectivity index is 3.18. The van der Waals surface area contributed by atoms with E-state index in [2.05, 4.69) is 9.79 Å². The Morgan fingerprint density at radius 2 is 2.30 bits per heavy atom. The average Bonchev–Trinajstić information content (AvgIpc) is 2.14. The van der Waals surface area contributed by atoms with Gasteiger partial charge in [0.15, 0.2) is 6.04 Å². The molecule has 0 fully saturated rings. The monoisotopic (exact) mass is 163 g/mol. The highest BCUT2D eigenvalue weighted by Crippen LogP contribution is 1.96. The molecule has 0 bridgehead atoms. The van der Waals surface area contributed by atoms with Crippen molar-refractivity contribution in [3.63, 3.8) is 0 Å². The third-order valence-electron chi connectivity index (χ3n) is 1.13. The number of H-pyrrole nitrogens is 1. The summed E-state index contributed by atoms with van der Waals surface area (Å²) in [6, 6.07) is 0.110. The van der Waals surface area contributed by atoms with E-state index in [0.717, 1.165) is 0 Å². The fourth-order valence-electron chi connectivity index (χ4n) is 0.603. The molecule has 1 heterocycles. The number of aromatic nitrogens is 2. The van der Waals surface area contributed by atoms with Gasteiger partial charge in [-0.25, -0.2) is 4.79 Å². The van der Waals surface area contributed by atoms with E-state index in [1.165, 1.54) is 4.68 Å². The topological polar surface area (TPSA) is 49.9 Å². The van der Waals surface area contributed by atoms with Crippen LogP contribution in [0.1, 0.15) is 19.9 Å². The number of aromatic amines is 1. The van der Waals surface area contributed by atoms with E-state index in [1.54, 1.807) is 0 Å². The van der Waals surface area contributed by atoms with E-state index < -0.39 is 5.63 Å². The largest absolute Gasteiger partial charge is 0.447 e. The summed E-state index contributed by atoms with van der Waals surface area (Å²) < 4.78 is 5.86. The molecule has 1 aromatic heterocycles. The summed E-state index contributed by atoms with van der Waals surface area (Å²) in [6.45, 7) is 3.77. The smallest absolute Gasteiger partial charge is 0.282 e. The van der Waals surface area contributed by atoms with Crippen LogP contribution in [0.2, 0.25) is 5.15 Å². The molecule has 0 spiro atoms. The molecule has 0 amide bonds. The first-order valence-corrected chi connectivity index (χ1v) is 3.29. The quantitative estimate of drug-likeness (QED) is 0.613. The van der Waals surface area contributed by atoms with Crippen LogP contribution in [0, 0.1) is 0 Å². The van der Waals surface area contributed by atoms with E-state index in [1.807, 2.05) is 13.8 Å². The van der Waals surface area contributed by atoms with E-state index in [4.69, 9.17) is 11.6 Å². The summed E-state index contributed by atoms with van der Waals surface area (Å²) >= 11 is 5.53. The number of hydrogen-bond donors (Lipinski definition) is 1. The van der Waals surface area contributed by atoms with Crippen LogP contribution >= 0.6 is 11.6 Å². The normalized spacial score (nSPS) is 10.8. The summed E-state index contributed by atoms with van der Waals surface area (Å²) in [6.07, 6.45) is 0. The van der Waals surface area contributed by atoms with Gasteiger partial charge < -0.3 is 0 Å². The maximum atomic E-state index is 10.6. The van der Waals surface area contributed by atoms with Crippen molar-refractivity contribution in [3.05, 3.63) is 15.6 Å². The molecular formula is C5H8ClN2O2+. The summed E-state index contributed by atoms with van der Waals surface area (Å²) in [7, 11) is 0. The SMILES string of the molecule is CC(C)[n+]1[nH]oc(=O)c1Cl. The summed E-state index contributed by atoms with van der Waals surface area (Å²) in [5.74, 6) is 0. The molecule has 1 N–H and O–H groups in total. The molecule has 0 saturated heterocycles.